The normalized spacial score (nSPS) is 17.1. The van der Waals surface area contributed by atoms with Crippen molar-refractivity contribution in [1.82, 2.24) is 10.2 Å². The van der Waals surface area contributed by atoms with E-state index in [0.29, 0.717) is 22.4 Å². The predicted octanol–water partition coefficient (Wildman–Crippen LogP) is 4.11. The van der Waals surface area contributed by atoms with Crippen molar-refractivity contribution < 1.29 is 5.11 Å². The Balaban J connectivity index is 1.81. The van der Waals surface area contributed by atoms with Crippen LogP contribution in [0.3, 0.4) is 0 Å². The molecule has 0 fully saturated rings. The van der Waals surface area contributed by atoms with Gasteiger partial charge in [0, 0.05) is 23.2 Å². The summed E-state index contributed by atoms with van der Waals surface area (Å²) in [5.74, 6) is 0.690. The number of hydrogen-bond acceptors (Lipinski definition) is 6. The molecule has 2 aromatic rings. The van der Waals surface area contributed by atoms with Crippen molar-refractivity contribution in [3.63, 3.8) is 0 Å². The molecule has 0 radical (unpaired) electrons. The number of nitrogens with two attached hydrogens (primary N) is 1. The molecule has 8 heteroatoms. The molecule has 1 aliphatic heterocycles. The molecule has 0 aliphatic carbocycles. The summed E-state index contributed by atoms with van der Waals surface area (Å²) in [6, 6.07) is 5.43. The second kappa shape index (κ2) is 7.31. The average molecular weight is 406 g/mol. The minimum absolute atomic E-state index is 0.125. The van der Waals surface area contributed by atoms with Crippen molar-refractivity contribution in [2.75, 3.05) is 5.32 Å². The third-order valence-electron chi connectivity index (χ3n) is 4.69. The zero-order valence-electron chi connectivity index (χ0n) is 15.8. The molecule has 0 saturated heterocycles. The van der Waals surface area contributed by atoms with Crippen molar-refractivity contribution >= 4 is 39.8 Å². The highest BCUT2D eigenvalue weighted by atomic mass is 35.5. The molecule has 0 amide bonds. The number of aromatic amines is 1. The van der Waals surface area contributed by atoms with Gasteiger partial charge in [-0.1, -0.05) is 35.5 Å². The van der Waals surface area contributed by atoms with Crippen molar-refractivity contribution in [3.8, 4) is 0 Å². The summed E-state index contributed by atoms with van der Waals surface area (Å²) in [4.78, 5) is 0.902. The van der Waals surface area contributed by atoms with Crippen LogP contribution in [-0.4, -0.2) is 26.4 Å². The minimum atomic E-state index is -0.934. The van der Waals surface area contributed by atoms with Crippen molar-refractivity contribution in [1.29, 1.82) is 5.41 Å². The second-order valence-corrected chi connectivity index (χ2v) is 8.70. The van der Waals surface area contributed by atoms with E-state index in [1.54, 1.807) is 19.9 Å². The number of aliphatic hydroxyl groups is 1. The predicted molar refractivity (Wildman–Crippen MR) is 112 cm³/mol. The molecule has 1 unspecified atom stereocenters. The van der Waals surface area contributed by atoms with Gasteiger partial charge in [-0.15, -0.1) is 0 Å². The molecule has 144 valence electrons. The molecule has 1 atom stereocenters. The molecular formula is C19H24ClN5OS. The highest BCUT2D eigenvalue weighted by molar-refractivity contribution is 8.15. The van der Waals surface area contributed by atoms with Crippen LogP contribution in [0, 0.1) is 5.41 Å². The molecule has 1 aliphatic rings. The van der Waals surface area contributed by atoms with Crippen LogP contribution in [-0.2, 0) is 12.1 Å². The minimum Gasteiger partial charge on any atom is -0.386 e. The van der Waals surface area contributed by atoms with Crippen LogP contribution in [0.15, 0.2) is 28.7 Å². The van der Waals surface area contributed by atoms with E-state index in [2.05, 4.69) is 15.5 Å². The largest absolute Gasteiger partial charge is 0.386 e. The highest BCUT2D eigenvalue weighted by Gasteiger charge is 2.30. The van der Waals surface area contributed by atoms with Crippen LogP contribution in [0.2, 0.25) is 5.02 Å². The van der Waals surface area contributed by atoms with Gasteiger partial charge in [-0.05, 0) is 50.5 Å². The first-order valence-corrected chi connectivity index (χ1v) is 9.86. The third kappa shape index (κ3) is 3.91. The fourth-order valence-corrected chi connectivity index (χ4v) is 4.12. The smallest absolute Gasteiger partial charge is 0.162 e. The number of benzene rings is 1. The van der Waals surface area contributed by atoms with Gasteiger partial charge in [-0.2, -0.15) is 5.10 Å². The number of nitrogens with zero attached hydrogens (tertiary/aromatic N) is 1. The Morgan fingerprint density at radius 3 is 2.78 bits per heavy atom. The van der Waals surface area contributed by atoms with Gasteiger partial charge in [0.2, 0.25) is 0 Å². The first-order valence-electron chi connectivity index (χ1n) is 8.66. The van der Waals surface area contributed by atoms with Crippen LogP contribution in [0.4, 0.5) is 5.82 Å². The maximum absolute atomic E-state index is 10.1. The molecule has 6 nitrogen and oxygen atoms in total. The Hall–Kier alpha value is -1.80. The summed E-state index contributed by atoms with van der Waals surface area (Å²) in [7, 11) is 0. The molecule has 1 aromatic carbocycles. The topological polar surface area (TPSA) is 111 Å². The molecule has 0 spiro atoms. The standard InChI is InChI=1S/C19H24ClN5OS/c1-9(10(2)21)14-15-16(27-17(14)22)18(25-24-15)23-8-11-5-6-12(7-13(11)20)19(3,4)26/h5-7,10,22,26H,8,21H2,1-4H3,(H2,23,24,25)/b14-9-,22-17?. The maximum atomic E-state index is 10.1. The summed E-state index contributed by atoms with van der Waals surface area (Å²) in [6.07, 6.45) is 0. The number of nitrogens with one attached hydrogen (secondary N) is 3. The lowest BCUT2D eigenvalue weighted by molar-refractivity contribution is 0.0786. The number of rotatable bonds is 5. The van der Waals surface area contributed by atoms with Crippen LogP contribution < -0.4 is 11.1 Å². The summed E-state index contributed by atoms with van der Waals surface area (Å²) in [5.41, 5.74) is 9.36. The van der Waals surface area contributed by atoms with Gasteiger partial charge in [0.15, 0.2) is 5.82 Å². The summed E-state index contributed by atoms with van der Waals surface area (Å²) < 4.78 is 0. The molecule has 0 bridgehead atoms. The number of H-pyrrole nitrogens is 1. The van der Waals surface area contributed by atoms with E-state index in [1.165, 1.54) is 11.8 Å². The van der Waals surface area contributed by atoms with E-state index in [0.717, 1.165) is 32.9 Å². The number of hydrogen-bond donors (Lipinski definition) is 5. The van der Waals surface area contributed by atoms with Crippen LogP contribution in [0.5, 0.6) is 0 Å². The molecular weight excluding hydrogens is 382 g/mol. The van der Waals surface area contributed by atoms with Gasteiger partial charge in [-0.3, -0.25) is 10.5 Å². The van der Waals surface area contributed by atoms with Gasteiger partial charge in [0.05, 0.1) is 16.2 Å². The Morgan fingerprint density at radius 2 is 2.19 bits per heavy atom. The van der Waals surface area contributed by atoms with Gasteiger partial charge in [0.25, 0.3) is 0 Å². The Morgan fingerprint density at radius 1 is 1.48 bits per heavy atom. The number of aromatic nitrogens is 2. The maximum Gasteiger partial charge on any atom is 0.162 e. The van der Waals surface area contributed by atoms with Gasteiger partial charge >= 0.3 is 0 Å². The zero-order chi connectivity index (χ0) is 19.9. The summed E-state index contributed by atoms with van der Waals surface area (Å²) in [5, 5.41) is 30.1. The fourth-order valence-electron chi connectivity index (χ4n) is 2.84. The van der Waals surface area contributed by atoms with E-state index in [9.17, 15) is 5.11 Å². The van der Waals surface area contributed by atoms with Crippen LogP contribution >= 0.6 is 23.4 Å². The molecule has 3 rings (SSSR count). The molecule has 1 aromatic heterocycles. The lowest BCUT2D eigenvalue weighted by Gasteiger charge is -2.19. The Bertz CT molecular complexity index is 927. The summed E-state index contributed by atoms with van der Waals surface area (Å²) in [6.45, 7) is 7.80. The number of fused-ring (bicyclic) bond motifs is 1. The Labute approximate surface area is 168 Å². The molecule has 27 heavy (non-hydrogen) atoms. The molecule has 2 heterocycles. The zero-order valence-corrected chi connectivity index (χ0v) is 17.3. The lowest BCUT2D eigenvalue weighted by atomic mass is 9.97. The summed E-state index contributed by atoms with van der Waals surface area (Å²) >= 11 is 7.75. The quantitative estimate of drug-likeness (QED) is 0.514. The van der Waals surface area contributed by atoms with E-state index >= 15 is 0 Å². The van der Waals surface area contributed by atoms with Gasteiger partial charge in [0.1, 0.15) is 5.04 Å². The van der Waals surface area contributed by atoms with Gasteiger partial charge in [-0.25, -0.2) is 0 Å². The first kappa shape index (κ1) is 19.9. The fraction of sp³-hybridized carbons (Fsp3) is 0.368. The number of anilines is 1. The number of halogens is 1. The monoisotopic (exact) mass is 405 g/mol. The Kier molecular flexibility index (Phi) is 5.40. The van der Waals surface area contributed by atoms with Crippen molar-refractivity contribution in [2.24, 2.45) is 5.73 Å². The number of thioether (sulfide) groups is 1. The van der Waals surface area contributed by atoms with E-state index in [-0.39, 0.29) is 6.04 Å². The van der Waals surface area contributed by atoms with Crippen LogP contribution in [0.1, 0.15) is 44.5 Å². The van der Waals surface area contributed by atoms with Crippen molar-refractivity contribution in [3.05, 3.63) is 45.6 Å². The van der Waals surface area contributed by atoms with Crippen molar-refractivity contribution in [2.45, 2.75) is 50.8 Å². The third-order valence-corrected chi connectivity index (χ3v) is 6.05. The first-order chi connectivity index (χ1) is 12.6. The second-order valence-electron chi connectivity index (χ2n) is 7.27. The molecule has 0 saturated carbocycles. The van der Waals surface area contributed by atoms with E-state index in [1.807, 2.05) is 26.0 Å². The SMILES string of the molecule is C/C(=C1/C(=N)Sc2c(NCc3ccc(C(C)(C)O)cc3Cl)n[nH]c21)C(C)N. The average Bonchev–Trinajstić information content (AvgIpc) is 3.10. The van der Waals surface area contributed by atoms with Crippen LogP contribution in [0.25, 0.3) is 5.57 Å². The van der Waals surface area contributed by atoms with E-state index < -0.39 is 5.60 Å². The molecule has 6 N–H and O–H groups in total. The highest BCUT2D eigenvalue weighted by Crippen LogP contribution is 2.45. The van der Waals surface area contributed by atoms with Gasteiger partial charge < -0.3 is 16.2 Å². The van der Waals surface area contributed by atoms with E-state index in [4.69, 9.17) is 22.7 Å². The lowest BCUT2D eigenvalue weighted by Crippen LogP contribution is -2.18.